The van der Waals surface area contributed by atoms with Crippen LogP contribution in [0.15, 0.2) is 18.3 Å². The number of amides is 2. The van der Waals surface area contributed by atoms with Crippen molar-refractivity contribution in [2.24, 2.45) is 0 Å². The molecule has 0 spiro atoms. The molecule has 1 aromatic heterocycles. The number of aromatic nitrogens is 1. The number of carbonyl (C=O) groups is 2. The molecule has 2 amide bonds. The lowest BCUT2D eigenvalue weighted by molar-refractivity contribution is -0.137. The van der Waals surface area contributed by atoms with Crippen LogP contribution < -0.4 is 10.1 Å². The Labute approximate surface area is 104 Å². The molecule has 0 aliphatic carbocycles. The number of anilines is 1. The van der Waals surface area contributed by atoms with Gasteiger partial charge in [-0.1, -0.05) is 0 Å². The molecule has 0 saturated carbocycles. The minimum atomic E-state index is -0.944. The number of carboxylic acid groups (broad SMARTS) is 1. The van der Waals surface area contributed by atoms with E-state index >= 15 is 0 Å². The van der Waals surface area contributed by atoms with Crippen molar-refractivity contribution in [3.63, 3.8) is 0 Å². The lowest BCUT2D eigenvalue weighted by Crippen LogP contribution is -2.33. The van der Waals surface area contributed by atoms with Crippen LogP contribution in [0.4, 0.5) is 10.5 Å². The van der Waals surface area contributed by atoms with Crippen LogP contribution in [0.25, 0.3) is 0 Å². The Morgan fingerprint density at radius 3 is 2.72 bits per heavy atom. The smallest absolute Gasteiger partial charge is 0.321 e. The fourth-order valence-corrected chi connectivity index (χ4v) is 1.16. The zero-order chi connectivity index (χ0) is 13.5. The molecule has 1 heterocycles. The normalized spacial score (nSPS) is 9.67. The van der Waals surface area contributed by atoms with E-state index in [1.54, 1.807) is 12.1 Å². The minimum Gasteiger partial charge on any atom is -0.481 e. The molecule has 0 aliphatic rings. The first kappa shape index (κ1) is 13.8. The van der Waals surface area contributed by atoms with Gasteiger partial charge in [0, 0.05) is 19.7 Å². The molecule has 0 atom stereocenters. The van der Waals surface area contributed by atoms with Gasteiger partial charge in [-0.25, -0.2) is 9.78 Å². The number of nitrogens with zero attached hydrogens (tertiary/aromatic N) is 2. The minimum absolute atomic E-state index is 0.0925. The maximum Gasteiger partial charge on any atom is 0.321 e. The van der Waals surface area contributed by atoms with Crippen LogP contribution in [0.2, 0.25) is 0 Å². The fourth-order valence-electron chi connectivity index (χ4n) is 1.16. The summed E-state index contributed by atoms with van der Waals surface area (Å²) < 4.78 is 4.89. The van der Waals surface area contributed by atoms with E-state index in [1.165, 1.54) is 25.3 Å². The highest BCUT2D eigenvalue weighted by Gasteiger charge is 2.10. The van der Waals surface area contributed by atoms with Gasteiger partial charge in [0.25, 0.3) is 0 Å². The average Bonchev–Trinajstić information content (AvgIpc) is 2.36. The number of ether oxygens (including phenoxy) is 1. The molecule has 7 heteroatoms. The van der Waals surface area contributed by atoms with E-state index < -0.39 is 5.97 Å². The molecule has 0 aromatic carbocycles. The van der Waals surface area contributed by atoms with E-state index in [-0.39, 0.29) is 19.0 Å². The average molecular weight is 253 g/mol. The first-order chi connectivity index (χ1) is 8.52. The molecule has 0 radical (unpaired) electrons. The molecule has 0 unspecified atom stereocenters. The summed E-state index contributed by atoms with van der Waals surface area (Å²) in [6.45, 7) is 0.144. The van der Waals surface area contributed by atoms with E-state index in [0.29, 0.717) is 11.6 Å². The van der Waals surface area contributed by atoms with Gasteiger partial charge in [0.15, 0.2) is 0 Å². The van der Waals surface area contributed by atoms with Gasteiger partial charge in [0.05, 0.1) is 25.4 Å². The predicted octanol–water partition coefficient (Wildman–Crippen LogP) is 1.03. The topological polar surface area (TPSA) is 91.8 Å². The van der Waals surface area contributed by atoms with Crippen molar-refractivity contribution in [2.75, 3.05) is 26.0 Å². The lowest BCUT2D eigenvalue weighted by Gasteiger charge is -2.16. The summed E-state index contributed by atoms with van der Waals surface area (Å²) in [6.07, 6.45) is 1.37. The van der Waals surface area contributed by atoms with Gasteiger partial charge in [-0.2, -0.15) is 0 Å². The highest BCUT2D eigenvalue weighted by molar-refractivity contribution is 5.89. The Kier molecular flexibility index (Phi) is 4.91. The van der Waals surface area contributed by atoms with Crippen molar-refractivity contribution in [3.8, 4) is 5.88 Å². The van der Waals surface area contributed by atoms with Crippen LogP contribution in [-0.2, 0) is 4.79 Å². The third-order valence-corrected chi connectivity index (χ3v) is 2.20. The van der Waals surface area contributed by atoms with Crippen molar-refractivity contribution in [1.29, 1.82) is 0 Å². The molecule has 7 nitrogen and oxygen atoms in total. The Morgan fingerprint density at radius 2 is 2.22 bits per heavy atom. The summed E-state index contributed by atoms with van der Waals surface area (Å²) in [6, 6.07) is 2.88. The Bertz CT molecular complexity index is 419. The van der Waals surface area contributed by atoms with Gasteiger partial charge in [0.2, 0.25) is 5.88 Å². The van der Waals surface area contributed by atoms with E-state index in [2.05, 4.69) is 10.3 Å². The summed E-state index contributed by atoms with van der Waals surface area (Å²) in [5, 5.41) is 11.1. The molecule has 0 aliphatic heterocycles. The van der Waals surface area contributed by atoms with Gasteiger partial charge in [-0.05, 0) is 6.07 Å². The molecular formula is C11H15N3O4. The highest BCUT2D eigenvalue weighted by atomic mass is 16.5. The van der Waals surface area contributed by atoms with Crippen LogP contribution in [0, 0.1) is 0 Å². The lowest BCUT2D eigenvalue weighted by atomic mass is 10.4. The van der Waals surface area contributed by atoms with Gasteiger partial charge >= 0.3 is 12.0 Å². The second-order valence-electron chi connectivity index (χ2n) is 3.58. The van der Waals surface area contributed by atoms with Gasteiger partial charge in [-0.15, -0.1) is 0 Å². The maximum atomic E-state index is 11.6. The van der Waals surface area contributed by atoms with Gasteiger partial charge < -0.3 is 20.1 Å². The van der Waals surface area contributed by atoms with E-state index in [1.807, 2.05) is 0 Å². The first-order valence-corrected chi connectivity index (χ1v) is 5.27. The van der Waals surface area contributed by atoms with E-state index in [0.717, 1.165) is 0 Å². The number of pyridine rings is 1. The molecule has 18 heavy (non-hydrogen) atoms. The third-order valence-electron chi connectivity index (χ3n) is 2.20. The number of carboxylic acids is 1. The summed E-state index contributed by atoms with van der Waals surface area (Å²) in [7, 11) is 3.02. The molecule has 0 bridgehead atoms. The zero-order valence-electron chi connectivity index (χ0n) is 10.2. The number of methoxy groups -OCH3 is 1. The van der Waals surface area contributed by atoms with E-state index in [4.69, 9.17) is 9.84 Å². The van der Waals surface area contributed by atoms with Crippen LogP contribution in [0.3, 0.4) is 0 Å². The fraction of sp³-hybridized carbons (Fsp3) is 0.364. The van der Waals surface area contributed by atoms with Crippen molar-refractivity contribution in [2.45, 2.75) is 6.42 Å². The molecule has 98 valence electrons. The summed E-state index contributed by atoms with van der Waals surface area (Å²) >= 11 is 0. The highest BCUT2D eigenvalue weighted by Crippen LogP contribution is 2.11. The van der Waals surface area contributed by atoms with Crippen molar-refractivity contribution in [1.82, 2.24) is 9.88 Å². The van der Waals surface area contributed by atoms with Crippen LogP contribution >= 0.6 is 0 Å². The second kappa shape index (κ2) is 6.43. The standard InChI is InChI=1S/C11H15N3O4/c1-14(6-5-10(15)16)11(17)13-8-3-4-9(18-2)12-7-8/h3-4,7H,5-6H2,1-2H3,(H,13,17)(H,15,16). The van der Waals surface area contributed by atoms with Gasteiger partial charge in [-0.3, -0.25) is 4.79 Å². The SMILES string of the molecule is COc1ccc(NC(=O)N(C)CCC(=O)O)cn1. The molecule has 1 aromatic rings. The van der Waals surface area contributed by atoms with Crippen LogP contribution in [0.1, 0.15) is 6.42 Å². The molecule has 0 fully saturated rings. The number of hydrogen-bond donors (Lipinski definition) is 2. The van der Waals surface area contributed by atoms with Gasteiger partial charge in [0.1, 0.15) is 0 Å². The van der Waals surface area contributed by atoms with Crippen molar-refractivity contribution < 1.29 is 19.4 Å². The molecule has 0 saturated heterocycles. The second-order valence-corrected chi connectivity index (χ2v) is 3.58. The number of aliphatic carboxylic acids is 1. The molecule has 1 rings (SSSR count). The maximum absolute atomic E-state index is 11.6. The molecule has 2 N–H and O–H groups in total. The number of nitrogens with one attached hydrogen (secondary N) is 1. The summed E-state index contributed by atoms with van der Waals surface area (Å²) in [5.41, 5.74) is 0.517. The number of hydrogen-bond acceptors (Lipinski definition) is 4. The zero-order valence-corrected chi connectivity index (χ0v) is 10.2. The molecular weight excluding hydrogens is 238 g/mol. The number of rotatable bonds is 5. The number of carbonyl (C=O) groups excluding carboxylic acids is 1. The van der Waals surface area contributed by atoms with Crippen LogP contribution in [0.5, 0.6) is 5.88 Å². The van der Waals surface area contributed by atoms with Crippen molar-refractivity contribution in [3.05, 3.63) is 18.3 Å². The van der Waals surface area contributed by atoms with Crippen LogP contribution in [-0.4, -0.2) is 47.7 Å². The third kappa shape index (κ3) is 4.28. The largest absolute Gasteiger partial charge is 0.481 e. The quantitative estimate of drug-likeness (QED) is 0.817. The Hall–Kier alpha value is -2.31. The van der Waals surface area contributed by atoms with Crippen molar-refractivity contribution >= 4 is 17.7 Å². The Balaban J connectivity index is 2.49. The summed E-state index contributed by atoms with van der Waals surface area (Å²) in [4.78, 5) is 27.2. The Morgan fingerprint density at radius 1 is 1.50 bits per heavy atom. The predicted molar refractivity (Wildman–Crippen MR) is 64.7 cm³/mol. The monoisotopic (exact) mass is 253 g/mol. The summed E-state index contributed by atoms with van der Waals surface area (Å²) in [5.74, 6) is -0.493. The number of urea groups is 1. The van der Waals surface area contributed by atoms with E-state index in [9.17, 15) is 9.59 Å². The first-order valence-electron chi connectivity index (χ1n) is 5.27.